The maximum absolute atomic E-state index is 12.6. The average molecular weight is 384 g/mol. The normalized spacial score (nSPS) is 10.7. The lowest BCUT2D eigenvalue weighted by Gasteiger charge is -2.18. The summed E-state index contributed by atoms with van der Waals surface area (Å²) in [7, 11) is 0. The second kappa shape index (κ2) is 8.88. The van der Waals surface area contributed by atoms with Crippen molar-refractivity contribution >= 4 is 29.1 Å². The van der Waals surface area contributed by atoms with E-state index in [1.807, 2.05) is 42.5 Å². The van der Waals surface area contributed by atoms with Gasteiger partial charge in [-0.1, -0.05) is 89.9 Å². The van der Waals surface area contributed by atoms with Crippen molar-refractivity contribution < 1.29 is 4.79 Å². The van der Waals surface area contributed by atoms with Crippen molar-refractivity contribution in [3.8, 4) is 0 Å². The van der Waals surface area contributed by atoms with Crippen molar-refractivity contribution in [1.29, 1.82) is 0 Å². The highest BCUT2D eigenvalue weighted by molar-refractivity contribution is 6.42. The van der Waals surface area contributed by atoms with Crippen LogP contribution < -0.4 is 5.32 Å². The Hall–Kier alpha value is -2.29. The van der Waals surface area contributed by atoms with E-state index in [1.54, 1.807) is 12.1 Å². The van der Waals surface area contributed by atoms with Gasteiger partial charge in [-0.25, -0.2) is 0 Å². The van der Waals surface area contributed by atoms with Gasteiger partial charge in [-0.2, -0.15) is 0 Å². The number of hydrogen-bond donors (Lipinski definition) is 1. The Bertz CT molecular complexity index is 826. The molecule has 26 heavy (non-hydrogen) atoms. The number of halogens is 2. The molecule has 0 unspecified atom stereocenters. The quantitative estimate of drug-likeness (QED) is 0.569. The first kappa shape index (κ1) is 18.5. The van der Waals surface area contributed by atoms with E-state index < -0.39 is 0 Å². The van der Waals surface area contributed by atoms with Crippen molar-refractivity contribution in [1.82, 2.24) is 5.32 Å². The molecule has 0 radical (unpaired) electrons. The highest BCUT2D eigenvalue weighted by Gasteiger charge is 2.17. The van der Waals surface area contributed by atoms with Gasteiger partial charge in [0.1, 0.15) is 0 Å². The Balaban J connectivity index is 1.70. The molecule has 0 saturated heterocycles. The van der Waals surface area contributed by atoms with Gasteiger partial charge in [0, 0.05) is 18.9 Å². The van der Waals surface area contributed by atoms with Crippen molar-refractivity contribution in [2.45, 2.75) is 18.9 Å². The molecule has 3 aromatic rings. The maximum atomic E-state index is 12.6. The predicted molar refractivity (Wildman–Crippen MR) is 108 cm³/mol. The first-order chi connectivity index (χ1) is 12.6. The van der Waals surface area contributed by atoms with Crippen LogP contribution in [0.2, 0.25) is 10.0 Å². The SMILES string of the molecule is O=C(CC(c1ccccc1)c1ccccc1)NCc1ccc(Cl)c(Cl)c1. The fourth-order valence-electron chi connectivity index (χ4n) is 2.91. The lowest BCUT2D eigenvalue weighted by atomic mass is 9.88. The standard InChI is InChI=1S/C22H19Cl2NO/c23-20-12-11-16(13-21(20)24)15-25-22(26)14-19(17-7-3-1-4-8-17)18-9-5-2-6-10-18/h1-13,19H,14-15H2,(H,25,26). The Labute approximate surface area is 163 Å². The van der Waals surface area contributed by atoms with Crippen LogP contribution in [0.4, 0.5) is 0 Å². The summed E-state index contributed by atoms with van der Waals surface area (Å²) in [5, 5.41) is 3.97. The van der Waals surface area contributed by atoms with Crippen molar-refractivity contribution in [3.63, 3.8) is 0 Å². The average Bonchev–Trinajstić information content (AvgIpc) is 2.68. The molecule has 0 aliphatic carbocycles. The summed E-state index contributed by atoms with van der Waals surface area (Å²) in [4.78, 5) is 12.6. The molecule has 2 nitrogen and oxygen atoms in total. The fraction of sp³-hybridized carbons (Fsp3) is 0.136. The summed E-state index contributed by atoms with van der Waals surface area (Å²) in [6, 6.07) is 25.6. The van der Waals surface area contributed by atoms with E-state index in [-0.39, 0.29) is 11.8 Å². The zero-order valence-corrected chi connectivity index (χ0v) is 15.7. The third kappa shape index (κ3) is 4.87. The van der Waals surface area contributed by atoms with E-state index in [0.717, 1.165) is 16.7 Å². The van der Waals surface area contributed by atoms with E-state index >= 15 is 0 Å². The van der Waals surface area contributed by atoms with Crippen LogP contribution in [0.5, 0.6) is 0 Å². The van der Waals surface area contributed by atoms with E-state index in [0.29, 0.717) is 23.0 Å². The maximum Gasteiger partial charge on any atom is 0.221 e. The van der Waals surface area contributed by atoms with Gasteiger partial charge in [0.2, 0.25) is 5.91 Å². The largest absolute Gasteiger partial charge is 0.352 e. The summed E-state index contributed by atoms with van der Waals surface area (Å²) in [5.41, 5.74) is 3.18. The molecule has 0 aliphatic heterocycles. The summed E-state index contributed by atoms with van der Waals surface area (Å²) < 4.78 is 0. The molecule has 0 heterocycles. The van der Waals surface area contributed by atoms with Gasteiger partial charge in [0.05, 0.1) is 10.0 Å². The first-order valence-electron chi connectivity index (χ1n) is 8.44. The number of hydrogen-bond acceptors (Lipinski definition) is 1. The molecule has 0 aliphatic rings. The van der Waals surface area contributed by atoms with Gasteiger partial charge in [0.25, 0.3) is 0 Å². The minimum atomic E-state index is -0.00576. The minimum absolute atomic E-state index is 0.00576. The molecule has 132 valence electrons. The molecular formula is C22H19Cl2NO. The van der Waals surface area contributed by atoms with E-state index in [2.05, 4.69) is 29.6 Å². The molecule has 1 N–H and O–H groups in total. The van der Waals surface area contributed by atoms with E-state index in [1.165, 1.54) is 0 Å². The van der Waals surface area contributed by atoms with Crippen LogP contribution in [-0.4, -0.2) is 5.91 Å². The van der Waals surface area contributed by atoms with Gasteiger partial charge in [0.15, 0.2) is 0 Å². The highest BCUT2D eigenvalue weighted by atomic mass is 35.5. The monoisotopic (exact) mass is 383 g/mol. The van der Waals surface area contributed by atoms with Gasteiger partial charge in [-0.15, -0.1) is 0 Å². The third-order valence-corrected chi connectivity index (χ3v) is 5.01. The van der Waals surface area contributed by atoms with Crippen LogP contribution >= 0.6 is 23.2 Å². The smallest absolute Gasteiger partial charge is 0.221 e. The van der Waals surface area contributed by atoms with Crippen LogP contribution in [-0.2, 0) is 11.3 Å². The molecule has 0 aromatic heterocycles. The second-order valence-corrected chi connectivity index (χ2v) is 6.92. The molecule has 0 saturated carbocycles. The van der Waals surface area contributed by atoms with Crippen LogP contribution in [0.25, 0.3) is 0 Å². The molecule has 0 spiro atoms. The van der Waals surface area contributed by atoms with Gasteiger partial charge in [-0.3, -0.25) is 4.79 Å². The summed E-state index contributed by atoms with van der Waals surface area (Å²) in [6.45, 7) is 0.423. The predicted octanol–water partition coefficient (Wildman–Crippen LogP) is 5.83. The van der Waals surface area contributed by atoms with E-state index in [4.69, 9.17) is 23.2 Å². The van der Waals surface area contributed by atoms with Gasteiger partial charge >= 0.3 is 0 Å². The van der Waals surface area contributed by atoms with Gasteiger partial charge < -0.3 is 5.32 Å². The Morgan fingerprint density at radius 2 is 1.38 bits per heavy atom. The molecule has 3 rings (SSSR count). The molecule has 0 fully saturated rings. The van der Waals surface area contributed by atoms with Crippen molar-refractivity contribution in [2.75, 3.05) is 0 Å². The molecule has 0 bridgehead atoms. The fourth-order valence-corrected chi connectivity index (χ4v) is 3.23. The highest BCUT2D eigenvalue weighted by Crippen LogP contribution is 2.28. The topological polar surface area (TPSA) is 29.1 Å². The van der Waals surface area contributed by atoms with Crippen molar-refractivity contribution in [3.05, 3.63) is 106 Å². The summed E-state index contributed by atoms with van der Waals surface area (Å²) in [5.74, 6) is 0.0139. The Morgan fingerprint density at radius 1 is 0.808 bits per heavy atom. The summed E-state index contributed by atoms with van der Waals surface area (Å²) in [6.07, 6.45) is 0.384. The number of nitrogens with one attached hydrogen (secondary N) is 1. The zero-order valence-electron chi connectivity index (χ0n) is 14.2. The minimum Gasteiger partial charge on any atom is -0.352 e. The van der Waals surface area contributed by atoms with E-state index in [9.17, 15) is 4.79 Å². The first-order valence-corrected chi connectivity index (χ1v) is 9.19. The zero-order chi connectivity index (χ0) is 18.4. The summed E-state index contributed by atoms with van der Waals surface area (Å²) >= 11 is 12.0. The van der Waals surface area contributed by atoms with Crippen LogP contribution in [0.1, 0.15) is 29.0 Å². The molecule has 0 atom stereocenters. The van der Waals surface area contributed by atoms with Gasteiger partial charge in [-0.05, 0) is 28.8 Å². The number of amides is 1. The number of carbonyl (C=O) groups excluding carboxylic acids is 1. The Kier molecular flexibility index (Phi) is 6.32. The van der Waals surface area contributed by atoms with Crippen LogP contribution in [0, 0.1) is 0 Å². The van der Waals surface area contributed by atoms with Crippen LogP contribution in [0.3, 0.4) is 0 Å². The third-order valence-electron chi connectivity index (χ3n) is 4.27. The molecule has 1 amide bonds. The van der Waals surface area contributed by atoms with Crippen molar-refractivity contribution in [2.24, 2.45) is 0 Å². The van der Waals surface area contributed by atoms with Crippen LogP contribution in [0.15, 0.2) is 78.9 Å². The number of carbonyl (C=O) groups is 1. The molecular weight excluding hydrogens is 365 g/mol. The molecule has 3 aromatic carbocycles. The number of benzene rings is 3. The lowest BCUT2D eigenvalue weighted by molar-refractivity contribution is -0.121. The molecule has 4 heteroatoms. The second-order valence-electron chi connectivity index (χ2n) is 6.10. The Morgan fingerprint density at radius 3 is 1.92 bits per heavy atom. The lowest BCUT2D eigenvalue weighted by Crippen LogP contribution is -2.25. The number of rotatable bonds is 6.